The zero-order valence-electron chi connectivity index (χ0n) is 11.0. The Kier molecular flexibility index (Phi) is 7.54. The number of unbranched alkanes of at least 4 members (excludes halogenated alkanes) is 4. The van der Waals surface area contributed by atoms with Gasteiger partial charge in [-0.15, -0.1) is 0 Å². The molecule has 1 nitrogen and oxygen atoms in total. The molecule has 0 aliphatic heterocycles. The minimum absolute atomic E-state index is 0.436. The molecule has 0 saturated heterocycles. The lowest BCUT2D eigenvalue weighted by atomic mass is 9.99. The third-order valence-electron chi connectivity index (χ3n) is 3.94. The van der Waals surface area contributed by atoms with Crippen molar-refractivity contribution in [1.29, 1.82) is 0 Å². The molecule has 1 heteroatoms. The Balaban J connectivity index is 1.79. The fourth-order valence-electron chi connectivity index (χ4n) is 2.76. The van der Waals surface area contributed by atoms with Gasteiger partial charge >= 0.3 is 0 Å². The predicted octanol–water partition coefficient (Wildman–Crippen LogP) is 4.89. The van der Waals surface area contributed by atoms with Crippen molar-refractivity contribution >= 4 is 5.78 Å². The highest BCUT2D eigenvalue weighted by Gasteiger charge is 2.13. The Morgan fingerprint density at radius 2 is 1.62 bits per heavy atom. The van der Waals surface area contributed by atoms with E-state index in [-0.39, 0.29) is 0 Å². The maximum atomic E-state index is 11.1. The number of ketones is 1. The zero-order valence-corrected chi connectivity index (χ0v) is 11.0. The van der Waals surface area contributed by atoms with Crippen LogP contribution in [0, 0.1) is 5.92 Å². The lowest BCUT2D eigenvalue weighted by molar-refractivity contribution is -0.118. The van der Waals surface area contributed by atoms with Crippen LogP contribution in [0.25, 0.3) is 0 Å². The van der Waals surface area contributed by atoms with Crippen LogP contribution in [0.2, 0.25) is 0 Å². The fourth-order valence-corrected chi connectivity index (χ4v) is 2.76. The Morgan fingerprint density at radius 3 is 2.31 bits per heavy atom. The number of carbonyl (C=O) groups is 1. The second-order valence-electron chi connectivity index (χ2n) is 5.35. The minimum Gasteiger partial charge on any atom is -0.300 e. The number of hydrogen-bond donors (Lipinski definition) is 0. The average Bonchev–Trinajstić information content (AvgIpc) is 2.80. The van der Waals surface area contributed by atoms with Gasteiger partial charge in [0.1, 0.15) is 5.78 Å². The Bertz CT molecular complexity index is 180. The molecule has 0 bridgehead atoms. The molecule has 0 aromatic rings. The van der Waals surface area contributed by atoms with Gasteiger partial charge in [-0.2, -0.15) is 0 Å². The number of rotatable bonds is 9. The van der Waals surface area contributed by atoms with Crippen LogP contribution in [-0.4, -0.2) is 5.78 Å². The lowest BCUT2D eigenvalue weighted by Crippen LogP contribution is -1.95. The maximum Gasteiger partial charge on any atom is 0.132 e. The molecule has 0 unspecified atom stereocenters. The summed E-state index contributed by atoms with van der Waals surface area (Å²) in [4.78, 5) is 11.1. The van der Waals surface area contributed by atoms with Crippen LogP contribution >= 0.6 is 0 Å². The van der Waals surface area contributed by atoms with Gasteiger partial charge in [-0.25, -0.2) is 0 Å². The molecule has 1 aliphatic carbocycles. The van der Waals surface area contributed by atoms with Gasteiger partial charge in [-0.3, -0.25) is 4.79 Å². The summed E-state index contributed by atoms with van der Waals surface area (Å²) in [5.74, 6) is 1.49. The van der Waals surface area contributed by atoms with E-state index in [9.17, 15) is 4.79 Å². The van der Waals surface area contributed by atoms with Crippen molar-refractivity contribution < 1.29 is 4.79 Å². The summed E-state index contributed by atoms with van der Waals surface area (Å²) >= 11 is 0. The Hall–Kier alpha value is -0.330. The van der Waals surface area contributed by atoms with Crippen molar-refractivity contribution in [2.75, 3.05) is 0 Å². The molecule has 0 aromatic carbocycles. The summed E-state index contributed by atoms with van der Waals surface area (Å²) in [5, 5.41) is 0. The van der Waals surface area contributed by atoms with Gasteiger partial charge in [0.25, 0.3) is 0 Å². The fraction of sp³-hybridized carbons (Fsp3) is 0.933. The van der Waals surface area contributed by atoms with E-state index >= 15 is 0 Å². The summed E-state index contributed by atoms with van der Waals surface area (Å²) in [7, 11) is 0. The highest BCUT2D eigenvalue weighted by Crippen LogP contribution is 2.29. The Labute approximate surface area is 101 Å². The summed E-state index contributed by atoms with van der Waals surface area (Å²) in [6, 6.07) is 0. The summed E-state index contributed by atoms with van der Waals surface area (Å²) in [6.45, 7) is 1.96. The van der Waals surface area contributed by atoms with Gasteiger partial charge in [0.2, 0.25) is 0 Å². The van der Waals surface area contributed by atoms with Crippen LogP contribution in [0.3, 0.4) is 0 Å². The van der Waals surface area contributed by atoms with Crippen LogP contribution < -0.4 is 0 Å². The van der Waals surface area contributed by atoms with E-state index in [2.05, 4.69) is 0 Å². The molecule has 1 aliphatic rings. The molecule has 1 fully saturated rings. The first-order valence-electron chi connectivity index (χ1n) is 7.34. The normalized spacial score (nSPS) is 16.8. The van der Waals surface area contributed by atoms with Gasteiger partial charge < -0.3 is 0 Å². The van der Waals surface area contributed by atoms with Crippen molar-refractivity contribution in [3.05, 3.63) is 0 Å². The van der Waals surface area contributed by atoms with Crippen molar-refractivity contribution in [2.45, 2.75) is 84.0 Å². The summed E-state index contributed by atoms with van der Waals surface area (Å²) < 4.78 is 0. The summed E-state index contributed by atoms with van der Waals surface area (Å²) in [6.07, 6.45) is 15.5. The smallest absolute Gasteiger partial charge is 0.132 e. The van der Waals surface area contributed by atoms with E-state index in [1.165, 1.54) is 57.8 Å². The van der Waals surface area contributed by atoms with Crippen molar-refractivity contribution in [3.63, 3.8) is 0 Å². The van der Waals surface area contributed by atoms with E-state index in [0.29, 0.717) is 5.78 Å². The lowest BCUT2D eigenvalue weighted by Gasteiger charge is -2.07. The second kappa shape index (κ2) is 8.78. The van der Waals surface area contributed by atoms with E-state index in [0.717, 1.165) is 25.2 Å². The molecule has 1 saturated carbocycles. The zero-order chi connectivity index (χ0) is 11.6. The molecular formula is C15H28O. The van der Waals surface area contributed by atoms with Gasteiger partial charge in [0.05, 0.1) is 0 Å². The SMILES string of the molecule is CCC(=O)CCCCCCCC1CCCC1. The maximum absolute atomic E-state index is 11.1. The standard InChI is InChI=1S/C15H28O/c1-2-15(16)13-7-5-3-4-6-10-14-11-8-9-12-14/h14H,2-13H2,1H3. The van der Waals surface area contributed by atoms with Gasteiger partial charge in [-0.1, -0.05) is 64.7 Å². The van der Waals surface area contributed by atoms with Crippen molar-refractivity contribution in [1.82, 2.24) is 0 Å². The van der Waals surface area contributed by atoms with Crippen LogP contribution in [0.1, 0.15) is 84.0 Å². The molecule has 0 spiro atoms. The molecule has 16 heavy (non-hydrogen) atoms. The van der Waals surface area contributed by atoms with Gasteiger partial charge in [0, 0.05) is 12.8 Å². The van der Waals surface area contributed by atoms with Gasteiger partial charge in [0.15, 0.2) is 0 Å². The van der Waals surface area contributed by atoms with Crippen LogP contribution in [0.4, 0.5) is 0 Å². The molecule has 0 heterocycles. The first-order chi connectivity index (χ1) is 7.83. The third-order valence-corrected chi connectivity index (χ3v) is 3.94. The van der Waals surface area contributed by atoms with Crippen LogP contribution in [0.15, 0.2) is 0 Å². The number of carbonyl (C=O) groups excluding carboxylic acids is 1. The molecule has 0 aromatic heterocycles. The molecule has 0 atom stereocenters. The van der Waals surface area contributed by atoms with E-state index < -0.39 is 0 Å². The molecule has 94 valence electrons. The van der Waals surface area contributed by atoms with Crippen LogP contribution in [0.5, 0.6) is 0 Å². The van der Waals surface area contributed by atoms with Gasteiger partial charge in [-0.05, 0) is 12.3 Å². The van der Waals surface area contributed by atoms with Crippen molar-refractivity contribution in [2.24, 2.45) is 5.92 Å². The molecular weight excluding hydrogens is 196 g/mol. The molecule has 0 radical (unpaired) electrons. The quantitative estimate of drug-likeness (QED) is 0.510. The predicted molar refractivity (Wildman–Crippen MR) is 69.6 cm³/mol. The number of Topliss-reactive ketones (excluding diaryl/α,β-unsaturated/α-hetero) is 1. The molecule has 0 N–H and O–H groups in total. The molecule has 0 amide bonds. The van der Waals surface area contributed by atoms with Crippen molar-refractivity contribution in [3.8, 4) is 0 Å². The molecule has 1 rings (SSSR count). The first-order valence-corrected chi connectivity index (χ1v) is 7.34. The first kappa shape index (κ1) is 13.7. The largest absolute Gasteiger partial charge is 0.300 e. The minimum atomic E-state index is 0.436. The summed E-state index contributed by atoms with van der Waals surface area (Å²) in [5.41, 5.74) is 0. The number of hydrogen-bond acceptors (Lipinski definition) is 1. The average molecular weight is 224 g/mol. The van der Waals surface area contributed by atoms with E-state index in [1.54, 1.807) is 0 Å². The van der Waals surface area contributed by atoms with E-state index in [1.807, 2.05) is 6.92 Å². The second-order valence-corrected chi connectivity index (χ2v) is 5.35. The third kappa shape index (κ3) is 6.30. The highest BCUT2D eigenvalue weighted by atomic mass is 16.1. The highest BCUT2D eigenvalue weighted by molar-refractivity contribution is 5.77. The van der Waals surface area contributed by atoms with E-state index in [4.69, 9.17) is 0 Å². The van der Waals surface area contributed by atoms with Crippen LogP contribution in [-0.2, 0) is 4.79 Å². The Morgan fingerprint density at radius 1 is 1.00 bits per heavy atom. The topological polar surface area (TPSA) is 17.1 Å². The monoisotopic (exact) mass is 224 g/mol.